The molecule has 1 aliphatic rings. The molecule has 0 aliphatic carbocycles. The standard InChI is InChI=1S/C23H32N2O2.ClH/c1-19(23(26)21-8-4-3-5-9-21)25-17-15-24(16-18-25)14-6-7-20-10-12-22(27-2)13-11-20;/h3-5,8-13,19,23,26H,6-7,14-18H2,1-2H3;1H. The smallest absolute Gasteiger partial charge is 0.118 e. The average molecular weight is 405 g/mol. The van der Waals surface area contributed by atoms with Gasteiger partial charge in [0.15, 0.2) is 0 Å². The van der Waals surface area contributed by atoms with E-state index in [1.807, 2.05) is 42.5 Å². The minimum Gasteiger partial charge on any atom is -1.00 e. The number of benzene rings is 2. The van der Waals surface area contributed by atoms with Crippen LogP contribution in [0, 0.1) is 0 Å². The lowest BCUT2D eigenvalue weighted by Crippen LogP contribution is -3.14. The topological polar surface area (TPSA) is 37.1 Å². The number of halogens is 1. The first-order chi connectivity index (χ1) is 13.2. The number of aliphatic hydroxyl groups excluding tert-OH is 1. The highest BCUT2D eigenvalue weighted by Crippen LogP contribution is 2.20. The number of nitrogens with zero attached hydrogens (tertiary/aromatic N) is 1. The lowest BCUT2D eigenvalue weighted by molar-refractivity contribution is -0.905. The molecule has 0 bridgehead atoms. The molecule has 0 aromatic heterocycles. The lowest BCUT2D eigenvalue weighted by atomic mass is 10.0. The number of methoxy groups -OCH3 is 1. The SMILES string of the molecule is COc1ccc(CCC[NH+]2CCN(C(C)C(O)c3ccccc3)CC2)cc1.[Cl-]. The molecule has 1 saturated heterocycles. The maximum atomic E-state index is 10.7. The van der Waals surface area contributed by atoms with Gasteiger partial charge in [0.1, 0.15) is 5.75 Å². The van der Waals surface area contributed by atoms with Gasteiger partial charge in [-0.25, -0.2) is 0 Å². The first kappa shape index (κ1) is 22.7. The third kappa shape index (κ3) is 6.21. The van der Waals surface area contributed by atoms with Crippen LogP contribution in [0.3, 0.4) is 0 Å². The average Bonchev–Trinajstić information content (AvgIpc) is 2.74. The maximum Gasteiger partial charge on any atom is 0.118 e. The molecule has 154 valence electrons. The monoisotopic (exact) mass is 404 g/mol. The van der Waals surface area contributed by atoms with Crippen molar-refractivity contribution in [3.8, 4) is 5.75 Å². The van der Waals surface area contributed by atoms with E-state index < -0.39 is 6.10 Å². The molecule has 1 aliphatic heterocycles. The number of hydrogen-bond acceptors (Lipinski definition) is 3. The van der Waals surface area contributed by atoms with E-state index >= 15 is 0 Å². The molecule has 1 heterocycles. The van der Waals surface area contributed by atoms with Crippen LogP contribution in [-0.2, 0) is 6.42 Å². The molecule has 4 nitrogen and oxygen atoms in total. The van der Waals surface area contributed by atoms with Crippen LogP contribution in [0.1, 0.15) is 30.6 Å². The van der Waals surface area contributed by atoms with Crippen molar-refractivity contribution in [3.05, 3.63) is 65.7 Å². The minimum absolute atomic E-state index is 0. The van der Waals surface area contributed by atoms with Crippen LogP contribution in [0.2, 0.25) is 0 Å². The first-order valence-corrected chi connectivity index (χ1v) is 10.1. The molecule has 2 aromatic carbocycles. The van der Waals surface area contributed by atoms with Crippen molar-refractivity contribution in [2.75, 3.05) is 39.8 Å². The molecule has 0 spiro atoms. The number of piperazine rings is 1. The Labute approximate surface area is 175 Å². The Bertz CT molecular complexity index is 673. The van der Waals surface area contributed by atoms with E-state index in [9.17, 15) is 5.11 Å². The number of nitrogens with one attached hydrogen (secondary N) is 1. The zero-order valence-corrected chi connectivity index (χ0v) is 17.7. The molecule has 2 N–H and O–H groups in total. The normalized spacial score (nSPS) is 17.5. The summed E-state index contributed by atoms with van der Waals surface area (Å²) < 4.78 is 5.22. The van der Waals surface area contributed by atoms with Gasteiger partial charge in [-0.2, -0.15) is 0 Å². The highest BCUT2D eigenvalue weighted by molar-refractivity contribution is 5.27. The van der Waals surface area contributed by atoms with E-state index in [2.05, 4.69) is 24.0 Å². The third-order valence-electron chi connectivity index (χ3n) is 5.83. The summed E-state index contributed by atoms with van der Waals surface area (Å²) in [7, 11) is 1.71. The van der Waals surface area contributed by atoms with Gasteiger partial charge in [-0.1, -0.05) is 42.5 Å². The Kier molecular flexibility index (Phi) is 9.26. The molecular formula is C23H33ClN2O2. The summed E-state index contributed by atoms with van der Waals surface area (Å²) in [6, 6.07) is 18.6. The van der Waals surface area contributed by atoms with Gasteiger partial charge in [0.05, 0.1) is 32.8 Å². The quantitative estimate of drug-likeness (QED) is 0.590. The second-order valence-corrected chi connectivity index (χ2v) is 7.58. The number of rotatable bonds is 8. The second-order valence-electron chi connectivity index (χ2n) is 7.58. The van der Waals surface area contributed by atoms with Crippen molar-refractivity contribution in [2.45, 2.75) is 31.9 Å². The Balaban J connectivity index is 0.00000280. The van der Waals surface area contributed by atoms with Crippen LogP contribution >= 0.6 is 0 Å². The van der Waals surface area contributed by atoms with Crippen LogP contribution in [-0.4, -0.2) is 55.9 Å². The lowest BCUT2D eigenvalue weighted by Gasteiger charge is -2.37. The fraction of sp³-hybridized carbons (Fsp3) is 0.478. The fourth-order valence-electron chi connectivity index (χ4n) is 3.96. The molecule has 2 aromatic rings. The van der Waals surface area contributed by atoms with Gasteiger partial charge in [0.25, 0.3) is 0 Å². The van der Waals surface area contributed by atoms with Crippen LogP contribution in [0.5, 0.6) is 5.75 Å². The van der Waals surface area contributed by atoms with Crippen molar-refractivity contribution >= 4 is 0 Å². The van der Waals surface area contributed by atoms with E-state index in [0.29, 0.717) is 0 Å². The predicted molar refractivity (Wildman–Crippen MR) is 109 cm³/mol. The molecule has 2 unspecified atom stereocenters. The largest absolute Gasteiger partial charge is 1.00 e. The highest BCUT2D eigenvalue weighted by atomic mass is 35.5. The number of aryl methyl sites for hydroxylation is 1. The summed E-state index contributed by atoms with van der Waals surface area (Å²) in [6.45, 7) is 7.80. The van der Waals surface area contributed by atoms with Crippen LogP contribution in [0.4, 0.5) is 0 Å². The van der Waals surface area contributed by atoms with Crippen molar-refractivity contribution < 1.29 is 27.2 Å². The Morgan fingerprint density at radius 3 is 2.29 bits per heavy atom. The minimum atomic E-state index is -0.414. The molecule has 2 atom stereocenters. The molecule has 5 heteroatoms. The summed E-state index contributed by atoms with van der Waals surface area (Å²) in [5.41, 5.74) is 2.40. The van der Waals surface area contributed by atoms with Crippen LogP contribution in [0.25, 0.3) is 0 Å². The summed E-state index contributed by atoms with van der Waals surface area (Å²) >= 11 is 0. The number of ether oxygens (including phenoxy) is 1. The van der Waals surface area contributed by atoms with Gasteiger partial charge in [0.2, 0.25) is 0 Å². The fourth-order valence-corrected chi connectivity index (χ4v) is 3.96. The Morgan fingerprint density at radius 1 is 1.04 bits per heavy atom. The Hall–Kier alpha value is -1.59. The number of hydrogen-bond donors (Lipinski definition) is 2. The van der Waals surface area contributed by atoms with Crippen LogP contribution < -0.4 is 22.0 Å². The van der Waals surface area contributed by atoms with Crippen LogP contribution in [0.15, 0.2) is 54.6 Å². The summed E-state index contributed by atoms with van der Waals surface area (Å²) in [5, 5.41) is 10.7. The van der Waals surface area contributed by atoms with Crippen molar-refractivity contribution in [1.29, 1.82) is 0 Å². The summed E-state index contributed by atoms with van der Waals surface area (Å²) in [6.07, 6.45) is 1.92. The van der Waals surface area contributed by atoms with Gasteiger partial charge in [0, 0.05) is 25.6 Å². The number of quaternary nitrogens is 1. The molecule has 1 fully saturated rings. The van der Waals surface area contributed by atoms with Gasteiger partial charge in [-0.15, -0.1) is 0 Å². The van der Waals surface area contributed by atoms with Gasteiger partial charge in [-0.3, -0.25) is 4.90 Å². The molecule has 3 rings (SSSR count). The predicted octanol–water partition coefficient (Wildman–Crippen LogP) is -1.05. The molecule has 0 saturated carbocycles. The zero-order valence-electron chi connectivity index (χ0n) is 17.0. The molecule has 0 amide bonds. The maximum absolute atomic E-state index is 10.7. The van der Waals surface area contributed by atoms with Crippen molar-refractivity contribution in [3.63, 3.8) is 0 Å². The number of aliphatic hydroxyl groups is 1. The highest BCUT2D eigenvalue weighted by Gasteiger charge is 2.28. The van der Waals surface area contributed by atoms with E-state index in [0.717, 1.165) is 43.9 Å². The van der Waals surface area contributed by atoms with E-state index in [1.54, 1.807) is 12.0 Å². The third-order valence-corrected chi connectivity index (χ3v) is 5.83. The zero-order chi connectivity index (χ0) is 19.1. The second kappa shape index (κ2) is 11.4. The van der Waals surface area contributed by atoms with E-state index in [4.69, 9.17) is 4.74 Å². The summed E-state index contributed by atoms with van der Waals surface area (Å²) in [5.74, 6) is 0.923. The molecule has 0 radical (unpaired) electrons. The Morgan fingerprint density at radius 2 is 1.68 bits per heavy atom. The first-order valence-electron chi connectivity index (χ1n) is 10.1. The van der Waals surface area contributed by atoms with Crippen molar-refractivity contribution in [2.24, 2.45) is 0 Å². The molecular weight excluding hydrogens is 372 g/mol. The molecule has 28 heavy (non-hydrogen) atoms. The van der Waals surface area contributed by atoms with E-state index in [1.165, 1.54) is 18.5 Å². The van der Waals surface area contributed by atoms with Gasteiger partial charge in [-0.05, 0) is 36.6 Å². The van der Waals surface area contributed by atoms with Gasteiger partial charge >= 0.3 is 0 Å². The van der Waals surface area contributed by atoms with Crippen molar-refractivity contribution in [1.82, 2.24) is 4.90 Å². The summed E-state index contributed by atoms with van der Waals surface area (Å²) in [4.78, 5) is 4.12. The van der Waals surface area contributed by atoms with Gasteiger partial charge < -0.3 is 27.2 Å². The van der Waals surface area contributed by atoms with E-state index in [-0.39, 0.29) is 18.4 Å².